The van der Waals surface area contributed by atoms with Gasteiger partial charge in [0.1, 0.15) is 10.3 Å². The fraction of sp³-hybridized carbons (Fsp3) is 0.222. The van der Waals surface area contributed by atoms with E-state index in [-0.39, 0.29) is 0 Å². The van der Waals surface area contributed by atoms with E-state index in [2.05, 4.69) is 25.9 Å². The highest BCUT2D eigenvalue weighted by atomic mass is 79.9. The van der Waals surface area contributed by atoms with Gasteiger partial charge in [-0.15, -0.1) is 0 Å². The van der Waals surface area contributed by atoms with E-state index in [4.69, 9.17) is 0 Å². The molecule has 0 aliphatic carbocycles. The first-order valence-electron chi connectivity index (χ1n) is 4.11. The molecule has 2 heterocycles. The number of aromatic amines is 1. The van der Waals surface area contributed by atoms with Gasteiger partial charge in [0.2, 0.25) is 0 Å². The van der Waals surface area contributed by atoms with Crippen molar-refractivity contribution in [3.63, 3.8) is 0 Å². The Morgan fingerprint density at radius 1 is 1.33 bits per heavy atom. The van der Waals surface area contributed by atoms with Crippen LogP contribution in [-0.2, 0) is 6.18 Å². The molecule has 0 spiro atoms. The zero-order chi connectivity index (χ0) is 11.2. The monoisotopic (exact) mass is 278 g/mol. The molecule has 0 aliphatic heterocycles. The largest absolute Gasteiger partial charge is 0.431 e. The number of pyridine rings is 1. The molecule has 1 N–H and O–H groups in total. The number of nitrogens with zero attached hydrogens (tertiary/aromatic N) is 1. The Morgan fingerprint density at radius 2 is 2.00 bits per heavy atom. The van der Waals surface area contributed by atoms with Gasteiger partial charge in [0.05, 0.1) is 11.0 Å². The third kappa shape index (κ3) is 1.86. The van der Waals surface area contributed by atoms with E-state index < -0.39 is 11.9 Å². The molecule has 0 fully saturated rings. The van der Waals surface area contributed by atoms with Crippen LogP contribution in [0, 0.1) is 6.92 Å². The van der Waals surface area contributed by atoms with Crippen LogP contribution in [-0.4, -0.2) is 9.97 Å². The van der Waals surface area contributed by atoms with Gasteiger partial charge < -0.3 is 4.98 Å². The Hall–Kier alpha value is -1.04. The second-order valence-electron chi connectivity index (χ2n) is 3.21. The van der Waals surface area contributed by atoms with E-state index in [9.17, 15) is 13.2 Å². The van der Waals surface area contributed by atoms with E-state index in [0.29, 0.717) is 15.6 Å². The van der Waals surface area contributed by atoms with Crippen molar-refractivity contribution >= 4 is 27.0 Å². The van der Waals surface area contributed by atoms with Crippen LogP contribution in [0.5, 0.6) is 0 Å². The Labute approximate surface area is 91.6 Å². The molecule has 0 aromatic carbocycles. The van der Waals surface area contributed by atoms with E-state index >= 15 is 0 Å². The van der Waals surface area contributed by atoms with E-state index in [0.717, 1.165) is 11.6 Å². The normalized spacial score (nSPS) is 12.3. The fourth-order valence-corrected chi connectivity index (χ4v) is 1.59. The molecule has 0 unspecified atom stereocenters. The first kappa shape index (κ1) is 10.5. The molecule has 2 aromatic heterocycles. The van der Waals surface area contributed by atoms with Gasteiger partial charge in [-0.25, -0.2) is 4.98 Å². The number of hydrogen-bond donors (Lipinski definition) is 1. The lowest BCUT2D eigenvalue weighted by atomic mass is 10.3. The highest BCUT2D eigenvalue weighted by molar-refractivity contribution is 9.10. The van der Waals surface area contributed by atoms with Gasteiger partial charge in [-0.05, 0) is 40.5 Å². The van der Waals surface area contributed by atoms with Crippen LogP contribution >= 0.6 is 15.9 Å². The van der Waals surface area contributed by atoms with Crippen LogP contribution in [0.15, 0.2) is 16.7 Å². The van der Waals surface area contributed by atoms with Crippen molar-refractivity contribution in [1.82, 2.24) is 9.97 Å². The van der Waals surface area contributed by atoms with Crippen molar-refractivity contribution in [3.05, 3.63) is 28.0 Å². The van der Waals surface area contributed by atoms with Crippen LogP contribution in [0.3, 0.4) is 0 Å². The Bertz CT molecular complexity index is 477. The van der Waals surface area contributed by atoms with Gasteiger partial charge in [-0.3, -0.25) is 0 Å². The first-order valence-corrected chi connectivity index (χ1v) is 4.90. The van der Waals surface area contributed by atoms with Gasteiger partial charge in [-0.2, -0.15) is 13.2 Å². The third-order valence-electron chi connectivity index (χ3n) is 2.04. The second-order valence-corrected chi connectivity index (χ2v) is 3.96. The average molecular weight is 279 g/mol. The summed E-state index contributed by atoms with van der Waals surface area (Å²) in [4.78, 5) is 6.29. The van der Waals surface area contributed by atoms with Crippen molar-refractivity contribution in [3.8, 4) is 0 Å². The van der Waals surface area contributed by atoms with Gasteiger partial charge in [0, 0.05) is 0 Å². The number of hydrogen-bond acceptors (Lipinski definition) is 1. The van der Waals surface area contributed by atoms with Crippen molar-refractivity contribution < 1.29 is 13.2 Å². The van der Waals surface area contributed by atoms with Crippen LogP contribution in [0.2, 0.25) is 0 Å². The summed E-state index contributed by atoms with van der Waals surface area (Å²) in [5, 5.41) is 0. The molecule has 0 saturated carbocycles. The SMILES string of the molecule is Cc1cc2[nH]c(C(F)(F)F)cc2nc1Br. The average Bonchev–Trinajstić information content (AvgIpc) is 2.47. The highest BCUT2D eigenvalue weighted by Crippen LogP contribution is 2.31. The summed E-state index contributed by atoms with van der Waals surface area (Å²) < 4.78 is 37.6. The number of fused-ring (bicyclic) bond motifs is 1. The maximum atomic E-state index is 12.4. The predicted molar refractivity (Wildman–Crippen MR) is 53.5 cm³/mol. The molecular formula is C9H6BrF3N2. The lowest BCUT2D eigenvalue weighted by Crippen LogP contribution is -2.04. The zero-order valence-corrected chi connectivity index (χ0v) is 9.20. The number of alkyl halides is 3. The minimum Gasteiger partial charge on any atom is -0.350 e. The van der Waals surface area contributed by atoms with Gasteiger partial charge in [0.25, 0.3) is 0 Å². The van der Waals surface area contributed by atoms with E-state index in [1.165, 1.54) is 0 Å². The molecule has 0 bridgehead atoms. The van der Waals surface area contributed by atoms with Gasteiger partial charge in [0.15, 0.2) is 0 Å². The Kier molecular flexibility index (Phi) is 2.26. The van der Waals surface area contributed by atoms with Crippen LogP contribution in [0.25, 0.3) is 11.0 Å². The van der Waals surface area contributed by atoms with Gasteiger partial charge in [-0.1, -0.05) is 0 Å². The minimum absolute atomic E-state index is 0.305. The highest BCUT2D eigenvalue weighted by Gasteiger charge is 2.32. The molecule has 80 valence electrons. The quantitative estimate of drug-likeness (QED) is 0.732. The summed E-state index contributed by atoms with van der Waals surface area (Å²) in [6, 6.07) is 2.63. The molecule has 15 heavy (non-hydrogen) atoms. The Morgan fingerprint density at radius 3 is 2.60 bits per heavy atom. The van der Waals surface area contributed by atoms with Crippen LogP contribution in [0.1, 0.15) is 11.3 Å². The van der Waals surface area contributed by atoms with Crippen LogP contribution < -0.4 is 0 Å². The number of aryl methyl sites for hydroxylation is 1. The maximum Gasteiger partial charge on any atom is 0.431 e. The molecule has 2 rings (SSSR count). The minimum atomic E-state index is -4.36. The summed E-state index contributed by atoms with van der Waals surface area (Å²) in [6.45, 7) is 1.77. The summed E-state index contributed by atoms with van der Waals surface area (Å²) in [5.74, 6) is 0. The number of nitrogens with one attached hydrogen (secondary N) is 1. The molecular weight excluding hydrogens is 273 g/mol. The smallest absolute Gasteiger partial charge is 0.350 e. The van der Waals surface area contributed by atoms with Crippen molar-refractivity contribution in [2.75, 3.05) is 0 Å². The Balaban J connectivity index is 2.66. The van der Waals surface area contributed by atoms with Crippen molar-refractivity contribution in [2.24, 2.45) is 0 Å². The molecule has 2 nitrogen and oxygen atoms in total. The standard InChI is InChI=1S/C9H6BrF3N2/c1-4-2-5-6(15-8(4)10)3-7(14-5)9(11,12)13/h2-3,14H,1H3. The van der Waals surface area contributed by atoms with Crippen molar-refractivity contribution in [1.29, 1.82) is 0 Å². The molecule has 0 atom stereocenters. The summed E-state index contributed by atoms with van der Waals surface area (Å²) in [6.07, 6.45) is -4.36. The predicted octanol–water partition coefficient (Wildman–Crippen LogP) is 3.65. The molecule has 6 heteroatoms. The molecule has 2 aromatic rings. The first-order chi connectivity index (χ1) is 6.88. The zero-order valence-electron chi connectivity index (χ0n) is 7.61. The number of H-pyrrole nitrogens is 1. The number of halogens is 4. The summed E-state index contributed by atoms with van der Waals surface area (Å²) >= 11 is 3.17. The number of rotatable bonds is 0. The second kappa shape index (κ2) is 3.23. The lowest BCUT2D eigenvalue weighted by molar-refractivity contribution is -0.140. The maximum absolute atomic E-state index is 12.4. The topological polar surface area (TPSA) is 28.7 Å². The van der Waals surface area contributed by atoms with E-state index in [1.54, 1.807) is 13.0 Å². The number of aromatic nitrogens is 2. The van der Waals surface area contributed by atoms with Crippen LogP contribution in [0.4, 0.5) is 13.2 Å². The van der Waals surface area contributed by atoms with Gasteiger partial charge >= 0.3 is 6.18 Å². The lowest BCUT2D eigenvalue weighted by Gasteiger charge is -2.00. The van der Waals surface area contributed by atoms with Crippen molar-refractivity contribution in [2.45, 2.75) is 13.1 Å². The third-order valence-corrected chi connectivity index (χ3v) is 2.84. The van der Waals surface area contributed by atoms with E-state index in [1.807, 2.05) is 0 Å². The molecule has 0 amide bonds. The molecule has 0 saturated heterocycles. The summed E-state index contributed by atoms with van der Waals surface area (Å²) in [5.41, 5.74) is 0.711. The molecule has 0 radical (unpaired) electrons. The molecule has 0 aliphatic rings. The fourth-order valence-electron chi connectivity index (χ4n) is 1.28. The summed E-state index contributed by atoms with van der Waals surface area (Å²) in [7, 11) is 0.